The lowest BCUT2D eigenvalue weighted by atomic mass is 9.86. The molecular weight excluding hydrogens is 407 g/mol. The Bertz CT molecular complexity index is 940. The Morgan fingerprint density at radius 2 is 1.90 bits per heavy atom. The first kappa shape index (κ1) is 19.2. The lowest BCUT2D eigenvalue weighted by molar-refractivity contribution is -0.0339. The predicted octanol–water partition coefficient (Wildman–Crippen LogP) is 5.47. The Labute approximate surface area is 181 Å². The monoisotopic (exact) mass is 430 g/mol. The topological polar surface area (TPSA) is 41.6 Å². The van der Waals surface area contributed by atoms with Crippen molar-refractivity contribution in [1.29, 1.82) is 0 Å². The average Bonchev–Trinajstić information content (AvgIpc) is 3.12. The number of nitrogens with zero attached hydrogens (tertiary/aromatic N) is 1. The molecule has 2 bridgehead atoms. The van der Waals surface area contributed by atoms with Crippen molar-refractivity contribution in [3.63, 3.8) is 0 Å². The smallest absolute Gasteiger partial charge is 0.407 e. The van der Waals surface area contributed by atoms with E-state index < -0.39 is 0 Å². The zero-order valence-electron chi connectivity index (χ0n) is 16.2. The third-order valence-electron chi connectivity index (χ3n) is 6.61. The van der Waals surface area contributed by atoms with Gasteiger partial charge < -0.3 is 10.1 Å². The molecule has 1 unspecified atom stereocenters. The minimum Gasteiger partial charge on any atom is -0.445 e. The molecule has 0 radical (unpaired) electrons. The third kappa shape index (κ3) is 3.86. The van der Waals surface area contributed by atoms with Gasteiger partial charge in [-0.3, -0.25) is 4.90 Å². The third-order valence-corrected chi connectivity index (χ3v) is 7.17. The average molecular weight is 431 g/mol. The summed E-state index contributed by atoms with van der Waals surface area (Å²) in [6, 6.07) is 11.8. The maximum absolute atomic E-state index is 12.5. The van der Waals surface area contributed by atoms with E-state index in [9.17, 15) is 4.79 Å². The fourth-order valence-electron chi connectivity index (χ4n) is 5.01. The molecule has 1 aliphatic carbocycles. The first-order chi connectivity index (χ1) is 14.1. The second-order valence-electron chi connectivity index (χ2n) is 8.36. The lowest BCUT2D eigenvalue weighted by Gasteiger charge is -2.43. The van der Waals surface area contributed by atoms with Crippen LogP contribution in [0.2, 0.25) is 10.0 Å². The van der Waals surface area contributed by atoms with Gasteiger partial charge in [-0.2, -0.15) is 0 Å². The van der Waals surface area contributed by atoms with E-state index in [0.29, 0.717) is 16.0 Å². The minimum absolute atomic E-state index is 0.00228. The van der Waals surface area contributed by atoms with Crippen LogP contribution in [0.1, 0.15) is 36.4 Å². The Hall–Kier alpha value is -1.75. The van der Waals surface area contributed by atoms with Gasteiger partial charge in [0.05, 0.1) is 6.04 Å². The first-order valence-corrected chi connectivity index (χ1v) is 11.1. The van der Waals surface area contributed by atoms with E-state index in [1.165, 1.54) is 5.56 Å². The van der Waals surface area contributed by atoms with Gasteiger partial charge in [-0.1, -0.05) is 41.4 Å². The molecule has 1 N–H and O–H groups in total. The largest absolute Gasteiger partial charge is 0.445 e. The van der Waals surface area contributed by atoms with E-state index in [0.717, 1.165) is 62.0 Å². The van der Waals surface area contributed by atoms with Gasteiger partial charge in [0, 0.05) is 22.2 Å². The first-order valence-electron chi connectivity index (χ1n) is 10.3. The molecule has 3 aliphatic heterocycles. The van der Waals surface area contributed by atoms with Crippen molar-refractivity contribution < 1.29 is 9.53 Å². The summed E-state index contributed by atoms with van der Waals surface area (Å²) in [5.74, 6) is 0.520. The van der Waals surface area contributed by atoms with Crippen molar-refractivity contribution in [1.82, 2.24) is 10.2 Å². The SMILES string of the molecule is O=C(NC1CCc2cc(-c3cc(Cl)ccc3Cl)ccc21)O[C@H]1CN2CCC1CC2. The fourth-order valence-corrected chi connectivity index (χ4v) is 5.41. The number of carbonyl (C=O) groups is 1. The number of ether oxygens (including phenoxy) is 1. The zero-order chi connectivity index (χ0) is 20.0. The van der Waals surface area contributed by atoms with E-state index in [1.807, 2.05) is 12.1 Å². The molecule has 1 amide bonds. The van der Waals surface area contributed by atoms with Crippen molar-refractivity contribution in [2.45, 2.75) is 37.8 Å². The summed E-state index contributed by atoms with van der Waals surface area (Å²) in [5.41, 5.74) is 4.39. The number of benzene rings is 2. The van der Waals surface area contributed by atoms with Crippen LogP contribution < -0.4 is 5.32 Å². The van der Waals surface area contributed by atoms with Gasteiger partial charge in [0.2, 0.25) is 0 Å². The number of hydrogen-bond acceptors (Lipinski definition) is 3. The minimum atomic E-state index is -0.288. The number of fused-ring (bicyclic) bond motifs is 4. The highest BCUT2D eigenvalue weighted by molar-refractivity contribution is 6.35. The van der Waals surface area contributed by atoms with Gasteiger partial charge in [-0.05, 0) is 79.6 Å². The highest BCUT2D eigenvalue weighted by atomic mass is 35.5. The Morgan fingerprint density at radius 3 is 2.66 bits per heavy atom. The normalized spacial score (nSPS) is 27.5. The molecule has 3 heterocycles. The maximum Gasteiger partial charge on any atom is 0.407 e. The Balaban J connectivity index is 1.27. The fraction of sp³-hybridized carbons (Fsp3) is 0.435. The van der Waals surface area contributed by atoms with Gasteiger partial charge in [0.15, 0.2) is 0 Å². The van der Waals surface area contributed by atoms with E-state index in [4.69, 9.17) is 27.9 Å². The summed E-state index contributed by atoms with van der Waals surface area (Å²) in [6.07, 6.45) is 3.83. The van der Waals surface area contributed by atoms with Gasteiger partial charge in [-0.25, -0.2) is 4.79 Å². The van der Waals surface area contributed by atoms with Gasteiger partial charge in [0.25, 0.3) is 0 Å². The highest BCUT2D eigenvalue weighted by Crippen LogP contribution is 2.37. The second-order valence-corrected chi connectivity index (χ2v) is 9.20. The highest BCUT2D eigenvalue weighted by Gasteiger charge is 2.37. The van der Waals surface area contributed by atoms with Crippen LogP contribution in [0.25, 0.3) is 11.1 Å². The zero-order valence-corrected chi connectivity index (χ0v) is 17.7. The molecule has 0 aromatic heterocycles. The number of halogens is 2. The number of rotatable bonds is 3. The molecule has 3 saturated heterocycles. The van der Waals surface area contributed by atoms with Crippen LogP contribution in [0.4, 0.5) is 4.79 Å². The van der Waals surface area contributed by atoms with Crippen LogP contribution in [0, 0.1) is 5.92 Å². The van der Waals surface area contributed by atoms with E-state index in [-0.39, 0.29) is 18.2 Å². The molecule has 3 fully saturated rings. The second kappa shape index (κ2) is 7.82. The molecule has 29 heavy (non-hydrogen) atoms. The van der Waals surface area contributed by atoms with Crippen LogP contribution in [0.5, 0.6) is 0 Å². The number of alkyl carbamates (subject to hydrolysis) is 1. The molecule has 0 spiro atoms. The Morgan fingerprint density at radius 1 is 1.07 bits per heavy atom. The summed E-state index contributed by atoms with van der Waals surface area (Å²) in [5, 5.41) is 4.44. The molecular formula is C23H24Cl2N2O2. The number of aryl methyl sites for hydroxylation is 1. The van der Waals surface area contributed by atoms with Crippen molar-refractivity contribution in [2.75, 3.05) is 19.6 Å². The van der Waals surface area contributed by atoms with Gasteiger partial charge in [-0.15, -0.1) is 0 Å². The standard InChI is InChI=1S/C23H24Cl2N2O2/c24-17-3-5-20(25)19(12-17)16-1-4-18-15(11-16)2-6-21(18)26-23(28)29-22-13-27-9-7-14(22)8-10-27/h1,3-5,11-12,14,21-22H,2,6-10,13H2,(H,26,28)/t21?,22-/m0/s1. The van der Waals surface area contributed by atoms with Crippen LogP contribution in [0.3, 0.4) is 0 Å². The lowest BCUT2D eigenvalue weighted by Crippen LogP contribution is -2.52. The van der Waals surface area contributed by atoms with Crippen molar-refractivity contribution in [3.05, 3.63) is 57.6 Å². The molecule has 6 rings (SSSR count). The van der Waals surface area contributed by atoms with E-state index in [2.05, 4.69) is 28.4 Å². The summed E-state index contributed by atoms with van der Waals surface area (Å²) >= 11 is 12.5. The molecule has 152 valence electrons. The van der Waals surface area contributed by atoms with Crippen molar-refractivity contribution in [2.24, 2.45) is 5.92 Å². The van der Waals surface area contributed by atoms with Crippen LogP contribution in [-0.4, -0.2) is 36.7 Å². The summed E-state index contributed by atoms with van der Waals surface area (Å²) in [4.78, 5) is 14.9. The predicted molar refractivity (Wildman–Crippen MR) is 116 cm³/mol. The molecule has 4 aliphatic rings. The summed E-state index contributed by atoms with van der Waals surface area (Å²) < 4.78 is 5.80. The van der Waals surface area contributed by atoms with Crippen molar-refractivity contribution >= 4 is 29.3 Å². The molecule has 4 nitrogen and oxygen atoms in total. The molecule has 0 saturated carbocycles. The molecule has 2 aromatic rings. The molecule has 6 heteroatoms. The van der Waals surface area contributed by atoms with Crippen LogP contribution in [0.15, 0.2) is 36.4 Å². The summed E-state index contributed by atoms with van der Waals surface area (Å²) in [6.45, 7) is 3.16. The molecule has 2 atom stereocenters. The van der Waals surface area contributed by atoms with Gasteiger partial charge >= 0.3 is 6.09 Å². The Kier molecular flexibility index (Phi) is 5.19. The number of nitrogens with one attached hydrogen (secondary N) is 1. The van der Waals surface area contributed by atoms with E-state index >= 15 is 0 Å². The number of piperidine rings is 3. The van der Waals surface area contributed by atoms with Crippen LogP contribution in [-0.2, 0) is 11.2 Å². The van der Waals surface area contributed by atoms with E-state index in [1.54, 1.807) is 6.07 Å². The number of hydrogen-bond donors (Lipinski definition) is 1. The molecule has 2 aromatic carbocycles. The number of carbonyl (C=O) groups excluding carboxylic acids is 1. The summed E-state index contributed by atoms with van der Waals surface area (Å²) in [7, 11) is 0. The number of amides is 1. The maximum atomic E-state index is 12.5. The van der Waals surface area contributed by atoms with Gasteiger partial charge in [0.1, 0.15) is 6.10 Å². The van der Waals surface area contributed by atoms with Crippen molar-refractivity contribution in [3.8, 4) is 11.1 Å². The van der Waals surface area contributed by atoms with Crippen LogP contribution >= 0.6 is 23.2 Å². The quantitative estimate of drug-likeness (QED) is 0.701.